The fourth-order valence-electron chi connectivity index (χ4n) is 1.44. The molecule has 0 radical (unpaired) electrons. The molecule has 0 fully saturated rings. The van der Waals surface area contributed by atoms with Crippen molar-refractivity contribution in [1.29, 1.82) is 0 Å². The summed E-state index contributed by atoms with van der Waals surface area (Å²) in [5.74, 6) is -2.42. The number of hydrogen-bond acceptors (Lipinski definition) is 5. The summed E-state index contributed by atoms with van der Waals surface area (Å²) in [6, 6.07) is 4.81. The Morgan fingerprint density at radius 2 is 1.90 bits per heavy atom. The van der Waals surface area contributed by atoms with Crippen molar-refractivity contribution in [2.45, 2.75) is 19.4 Å². The molecule has 7 heteroatoms. The first-order valence-corrected chi connectivity index (χ1v) is 5.98. The van der Waals surface area contributed by atoms with Crippen molar-refractivity contribution in [2.75, 3.05) is 11.9 Å². The molecule has 0 saturated carbocycles. The number of carbonyl (C=O) groups excluding carboxylic acids is 2. The second-order valence-corrected chi connectivity index (χ2v) is 3.99. The van der Waals surface area contributed by atoms with Gasteiger partial charge >= 0.3 is 11.9 Å². The number of anilines is 1. The van der Waals surface area contributed by atoms with Crippen LogP contribution in [-0.4, -0.2) is 35.6 Å². The van der Waals surface area contributed by atoms with Gasteiger partial charge in [0, 0.05) is 5.69 Å². The lowest BCUT2D eigenvalue weighted by Crippen LogP contribution is -2.43. The highest BCUT2D eigenvalue weighted by atomic mass is 16.5. The van der Waals surface area contributed by atoms with E-state index in [2.05, 4.69) is 10.1 Å². The molecule has 1 aromatic carbocycles. The number of amides is 1. The van der Waals surface area contributed by atoms with Gasteiger partial charge in [0.05, 0.1) is 13.0 Å². The molecule has 1 rings (SSSR count). The van der Waals surface area contributed by atoms with Crippen molar-refractivity contribution < 1.29 is 24.2 Å². The van der Waals surface area contributed by atoms with Gasteiger partial charge in [-0.3, -0.25) is 9.59 Å². The van der Waals surface area contributed by atoms with Crippen LogP contribution in [0.25, 0.3) is 0 Å². The van der Waals surface area contributed by atoms with E-state index in [1.807, 2.05) is 0 Å². The molecule has 1 amide bonds. The van der Waals surface area contributed by atoms with E-state index in [1.54, 1.807) is 19.1 Å². The highest BCUT2D eigenvalue weighted by Crippen LogP contribution is 2.10. The van der Waals surface area contributed by atoms with Gasteiger partial charge in [-0.25, -0.2) is 4.79 Å². The Morgan fingerprint density at radius 1 is 1.30 bits per heavy atom. The van der Waals surface area contributed by atoms with Gasteiger partial charge in [0.15, 0.2) is 6.04 Å². The number of nitrogens with one attached hydrogen (secondary N) is 1. The molecule has 1 aromatic rings. The minimum absolute atomic E-state index is 0.101. The third-order valence-electron chi connectivity index (χ3n) is 2.40. The smallest absolute Gasteiger partial charge is 0.332 e. The number of aliphatic carboxylic acids is 1. The molecule has 0 aromatic heterocycles. The molecule has 7 nitrogen and oxygen atoms in total. The average Bonchev–Trinajstić information content (AvgIpc) is 2.39. The number of carbonyl (C=O) groups is 3. The number of carboxylic acid groups (broad SMARTS) is 1. The summed E-state index contributed by atoms with van der Waals surface area (Å²) < 4.78 is 4.64. The van der Waals surface area contributed by atoms with E-state index >= 15 is 0 Å². The summed E-state index contributed by atoms with van der Waals surface area (Å²) in [4.78, 5) is 33.5. The van der Waals surface area contributed by atoms with Gasteiger partial charge in [-0.2, -0.15) is 0 Å². The Labute approximate surface area is 115 Å². The predicted octanol–water partition coefficient (Wildman–Crippen LogP) is 0.143. The highest BCUT2D eigenvalue weighted by molar-refractivity contribution is 6.08. The van der Waals surface area contributed by atoms with Crippen LogP contribution in [0.1, 0.15) is 12.5 Å². The number of esters is 1. The van der Waals surface area contributed by atoms with E-state index in [-0.39, 0.29) is 13.0 Å². The number of ether oxygens (including phenoxy) is 1. The molecule has 0 aliphatic carbocycles. The lowest BCUT2D eigenvalue weighted by atomic mass is 10.1. The second-order valence-electron chi connectivity index (χ2n) is 3.99. The number of hydrogen-bond donors (Lipinski definition) is 3. The van der Waals surface area contributed by atoms with Gasteiger partial charge in [-0.05, 0) is 24.6 Å². The van der Waals surface area contributed by atoms with Crippen LogP contribution in [0.3, 0.4) is 0 Å². The number of benzene rings is 1. The van der Waals surface area contributed by atoms with Gasteiger partial charge in [0.1, 0.15) is 0 Å². The van der Waals surface area contributed by atoms with Crippen molar-refractivity contribution in [3.63, 3.8) is 0 Å². The first-order chi connectivity index (χ1) is 9.43. The molecule has 0 spiro atoms. The zero-order valence-electron chi connectivity index (χ0n) is 11.0. The summed E-state index contributed by atoms with van der Waals surface area (Å²) in [7, 11) is 0. The Bertz CT molecular complexity index is 498. The Morgan fingerprint density at radius 3 is 2.40 bits per heavy atom. The average molecular weight is 280 g/mol. The third-order valence-corrected chi connectivity index (χ3v) is 2.40. The monoisotopic (exact) mass is 280 g/mol. The predicted molar refractivity (Wildman–Crippen MR) is 71.0 cm³/mol. The van der Waals surface area contributed by atoms with Gasteiger partial charge in [-0.1, -0.05) is 12.1 Å². The summed E-state index contributed by atoms with van der Waals surface area (Å²) in [5, 5.41) is 11.1. The van der Waals surface area contributed by atoms with Crippen LogP contribution in [-0.2, 0) is 25.5 Å². The molecule has 1 unspecified atom stereocenters. The van der Waals surface area contributed by atoms with E-state index in [0.717, 1.165) is 0 Å². The second kappa shape index (κ2) is 7.25. The van der Waals surface area contributed by atoms with E-state index in [0.29, 0.717) is 11.3 Å². The van der Waals surface area contributed by atoms with Crippen LogP contribution in [0, 0.1) is 0 Å². The lowest BCUT2D eigenvalue weighted by molar-refractivity contribution is -0.147. The van der Waals surface area contributed by atoms with E-state index in [4.69, 9.17) is 10.8 Å². The summed E-state index contributed by atoms with van der Waals surface area (Å²) >= 11 is 0. The van der Waals surface area contributed by atoms with Crippen molar-refractivity contribution in [2.24, 2.45) is 5.73 Å². The molecular formula is C13H16N2O5. The Hall–Kier alpha value is -2.41. The molecule has 1 atom stereocenters. The van der Waals surface area contributed by atoms with E-state index in [1.165, 1.54) is 12.1 Å². The zero-order valence-corrected chi connectivity index (χ0v) is 11.0. The maximum absolute atomic E-state index is 11.7. The molecule has 4 N–H and O–H groups in total. The first kappa shape index (κ1) is 15.6. The summed E-state index contributed by atoms with van der Waals surface area (Å²) in [6.07, 6.45) is -0.101. The maximum Gasteiger partial charge on any atom is 0.332 e. The number of carboxylic acids is 1. The molecular weight excluding hydrogens is 264 g/mol. The topological polar surface area (TPSA) is 119 Å². The third kappa shape index (κ3) is 4.69. The van der Waals surface area contributed by atoms with Crippen molar-refractivity contribution in [3.8, 4) is 0 Å². The molecule has 108 valence electrons. The van der Waals surface area contributed by atoms with E-state index in [9.17, 15) is 14.4 Å². The Kier molecular flexibility index (Phi) is 5.67. The van der Waals surface area contributed by atoms with Crippen molar-refractivity contribution >= 4 is 23.5 Å². The van der Waals surface area contributed by atoms with Crippen molar-refractivity contribution in [3.05, 3.63) is 29.8 Å². The molecule has 0 bridgehead atoms. The van der Waals surface area contributed by atoms with Crippen LogP contribution in [0.15, 0.2) is 24.3 Å². The molecule has 20 heavy (non-hydrogen) atoms. The van der Waals surface area contributed by atoms with Gasteiger partial charge < -0.3 is 20.9 Å². The lowest BCUT2D eigenvalue weighted by Gasteiger charge is -2.11. The quantitative estimate of drug-likeness (QED) is 0.504. The Balaban J connectivity index is 2.62. The van der Waals surface area contributed by atoms with Crippen LogP contribution < -0.4 is 11.1 Å². The standard InChI is InChI=1S/C13H16N2O5/c1-2-20-13(19)11(14)12(18)15-9-5-3-8(4-6-9)7-10(16)17/h3-6,11H,2,7,14H2,1H3,(H,15,18)(H,16,17). The summed E-state index contributed by atoms with van der Waals surface area (Å²) in [5.41, 5.74) is 6.45. The van der Waals surface area contributed by atoms with Gasteiger partial charge in [0.25, 0.3) is 5.91 Å². The number of rotatable bonds is 6. The molecule has 0 saturated heterocycles. The van der Waals surface area contributed by atoms with Crippen LogP contribution in [0.2, 0.25) is 0 Å². The largest absolute Gasteiger partial charge is 0.481 e. The minimum Gasteiger partial charge on any atom is -0.481 e. The molecule has 0 heterocycles. The van der Waals surface area contributed by atoms with Gasteiger partial charge in [-0.15, -0.1) is 0 Å². The van der Waals surface area contributed by atoms with Crippen LogP contribution in [0.4, 0.5) is 5.69 Å². The molecule has 0 aliphatic rings. The van der Waals surface area contributed by atoms with Crippen LogP contribution in [0.5, 0.6) is 0 Å². The maximum atomic E-state index is 11.7. The minimum atomic E-state index is -1.39. The zero-order chi connectivity index (χ0) is 15.1. The van der Waals surface area contributed by atoms with E-state index < -0.39 is 23.9 Å². The molecule has 0 aliphatic heterocycles. The summed E-state index contributed by atoms with van der Waals surface area (Å²) in [6.45, 7) is 1.76. The van der Waals surface area contributed by atoms with Gasteiger partial charge in [0.2, 0.25) is 0 Å². The highest BCUT2D eigenvalue weighted by Gasteiger charge is 2.23. The number of nitrogens with two attached hydrogens (primary N) is 1. The normalized spacial score (nSPS) is 11.5. The fourth-order valence-corrected chi connectivity index (χ4v) is 1.44. The first-order valence-electron chi connectivity index (χ1n) is 5.98. The van der Waals surface area contributed by atoms with Crippen molar-refractivity contribution in [1.82, 2.24) is 0 Å². The fraction of sp³-hybridized carbons (Fsp3) is 0.308. The SMILES string of the molecule is CCOC(=O)C(N)C(=O)Nc1ccc(CC(=O)O)cc1. The van der Waals surface area contributed by atoms with Crippen LogP contribution >= 0.6 is 0 Å².